The second-order valence-corrected chi connectivity index (χ2v) is 4.00. The van der Waals surface area contributed by atoms with Crippen molar-refractivity contribution < 1.29 is 5.11 Å². The maximum atomic E-state index is 10.1. The Balaban J connectivity index is 2.38. The van der Waals surface area contributed by atoms with Crippen molar-refractivity contribution >= 4 is 0 Å². The first-order chi connectivity index (χ1) is 5.19. The molecule has 1 nitrogen and oxygen atoms in total. The van der Waals surface area contributed by atoms with Gasteiger partial charge in [-0.2, -0.15) is 0 Å². The fourth-order valence-electron chi connectivity index (χ4n) is 2.08. The van der Waals surface area contributed by atoms with Crippen molar-refractivity contribution in [3.05, 3.63) is 0 Å². The van der Waals surface area contributed by atoms with E-state index < -0.39 is 0 Å². The van der Waals surface area contributed by atoms with Crippen LogP contribution in [0.5, 0.6) is 0 Å². The van der Waals surface area contributed by atoms with Gasteiger partial charge in [0.15, 0.2) is 0 Å². The number of aliphatic hydroxyl groups is 1. The van der Waals surface area contributed by atoms with E-state index in [1.54, 1.807) is 0 Å². The average Bonchev–Trinajstić information content (AvgIpc) is 2.30. The molecule has 2 atom stereocenters. The minimum Gasteiger partial charge on any atom is -0.390 e. The average molecular weight is 156 g/mol. The Morgan fingerprint density at radius 2 is 2.27 bits per heavy atom. The molecule has 0 aromatic rings. The minimum absolute atomic E-state index is 0.296. The lowest BCUT2D eigenvalue weighted by Crippen LogP contribution is -2.31. The molecule has 1 fully saturated rings. The minimum atomic E-state index is -0.296. The summed E-state index contributed by atoms with van der Waals surface area (Å²) in [4.78, 5) is 0. The molecule has 1 heteroatoms. The summed E-state index contributed by atoms with van der Waals surface area (Å²) in [5, 5.41) is 10.1. The highest BCUT2D eigenvalue weighted by atomic mass is 16.3. The molecule has 1 saturated carbocycles. The molecule has 0 aromatic heterocycles. The smallest absolute Gasteiger partial charge is 0.0673 e. The van der Waals surface area contributed by atoms with Gasteiger partial charge in [0.1, 0.15) is 0 Å². The lowest BCUT2D eigenvalue weighted by atomic mass is 9.87. The van der Waals surface area contributed by atoms with E-state index in [9.17, 15) is 5.11 Å². The number of hydrogen-bond acceptors (Lipinski definition) is 1. The second kappa shape index (κ2) is 3.57. The first kappa shape index (κ1) is 9.05. The van der Waals surface area contributed by atoms with Gasteiger partial charge >= 0.3 is 0 Å². The molecule has 0 spiro atoms. The van der Waals surface area contributed by atoms with Crippen LogP contribution in [0, 0.1) is 5.92 Å². The first-order valence-corrected chi connectivity index (χ1v) is 4.91. The van der Waals surface area contributed by atoms with Crippen LogP contribution in [0.4, 0.5) is 0 Å². The van der Waals surface area contributed by atoms with Gasteiger partial charge in [-0.25, -0.2) is 0 Å². The van der Waals surface area contributed by atoms with Crippen molar-refractivity contribution in [3.8, 4) is 0 Å². The van der Waals surface area contributed by atoms with Crippen molar-refractivity contribution in [3.63, 3.8) is 0 Å². The molecule has 0 amide bonds. The van der Waals surface area contributed by atoms with E-state index in [-0.39, 0.29) is 5.60 Å². The summed E-state index contributed by atoms with van der Waals surface area (Å²) in [5.74, 6) is 0.536. The third-order valence-corrected chi connectivity index (χ3v) is 3.13. The molecule has 1 rings (SSSR count). The van der Waals surface area contributed by atoms with Crippen molar-refractivity contribution in [2.45, 2.75) is 58.0 Å². The molecular formula is C10H20O. The van der Waals surface area contributed by atoms with Crippen molar-refractivity contribution in [1.29, 1.82) is 0 Å². The van der Waals surface area contributed by atoms with Gasteiger partial charge in [0.2, 0.25) is 0 Å². The van der Waals surface area contributed by atoms with Crippen LogP contribution in [0.25, 0.3) is 0 Å². The highest BCUT2D eigenvalue weighted by Gasteiger charge is 2.36. The van der Waals surface area contributed by atoms with Gasteiger partial charge in [-0.05, 0) is 25.2 Å². The normalized spacial score (nSPS) is 37.9. The molecule has 1 N–H and O–H groups in total. The van der Waals surface area contributed by atoms with Crippen LogP contribution in [0.1, 0.15) is 52.4 Å². The molecule has 1 aliphatic carbocycles. The molecule has 0 saturated heterocycles. The Morgan fingerprint density at radius 3 is 2.73 bits per heavy atom. The SMILES string of the molecule is CCCCC1(O)CCCC1C. The summed E-state index contributed by atoms with van der Waals surface area (Å²) < 4.78 is 0. The predicted octanol–water partition coefficient (Wildman–Crippen LogP) is 2.73. The van der Waals surface area contributed by atoms with E-state index >= 15 is 0 Å². The van der Waals surface area contributed by atoms with Gasteiger partial charge in [0.05, 0.1) is 5.60 Å². The molecule has 66 valence electrons. The van der Waals surface area contributed by atoms with Gasteiger partial charge in [-0.3, -0.25) is 0 Å². The van der Waals surface area contributed by atoms with Crippen LogP contribution in [0.2, 0.25) is 0 Å². The summed E-state index contributed by atoms with van der Waals surface area (Å²) in [7, 11) is 0. The zero-order valence-corrected chi connectivity index (χ0v) is 7.77. The molecule has 0 heterocycles. The van der Waals surface area contributed by atoms with E-state index in [1.165, 1.54) is 25.7 Å². The topological polar surface area (TPSA) is 20.2 Å². The van der Waals surface area contributed by atoms with Crippen LogP contribution in [-0.2, 0) is 0 Å². The van der Waals surface area contributed by atoms with Crippen LogP contribution >= 0.6 is 0 Å². The van der Waals surface area contributed by atoms with E-state index in [0.29, 0.717) is 5.92 Å². The lowest BCUT2D eigenvalue weighted by molar-refractivity contribution is -0.000865. The van der Waals surface area contributed by atoms with Gasteiger partial charge in [-0.15, -0.1) is 0 Å². The fourth-order valence-corrected chi connectivity index (χ4v) is 2.08. The van der Waals surface area contributed by atoms with Gasteiger partial charge in [0.25, 0.3) is 0 Å². The Morgan fingerprint density at radius 1 is 1.55 bits per heavy atom. The van der Waals surface area contributed by atoms with Crippen molar-refractivity contribution in [2.24, 2.45) is 5.92 Å². The van der Waals surface area contributed by atoms with Crippen LogP contribution < -0.4 is 0 Å². The molecule has 11 heavy (non-hydrogen) atoms. The predicted molar refractivity (Wildman–Crippen MR) is 47.5 cm³/mol. The molecule has 0 radical (unpaired) electrons. The zero-order chi connectivity index (χ0) is 8.32. The first-order valence-electron chi connectivity index (χ1n) is 4.91. The molecule has 0 bridgehead atoms. The Labute approximate surface area is 69.8 Å². The quantitative estimate of drug-likeness (QED) is 0.666. The van der Waals surface area contributed by atoms with E-state index in [0.717, 1.165) is 12.8 Å². The molecule has 2 unspecified atom stereocenters. The van der Waals surface area contributed by atoms with Crippen LogP contribution in [0.15, 0.2) is 0 Å². The maximum absolute atomic E-state index is 10.1. The third-order valence-electron chi connectivity index (χ3n) is 3.13. The van der Waals surface area contributed by atoms with E-state index in [1.807, 2.05) is 0 Å². The van der Waals surface area contributed by atoms with Crippen molar-refractivity contribution in [2.75, 3.05) is 0 Å². The Kier molecular flexibility index (Phi) is 2.94. The Bertz CT molecular complexity index is 122. The second-order valence-electron chi connectivity index (χ2n) is 4.00. The summed E-state index contributed by atoms with van der Waals surface area (Å²) in [6.45, 7) is 4.37. The summed E-state index contributed by atoms with van der Waals surface area (Å²) in [6, 6.07) is 0. The van der Waals surface area contributed by atoms with Gasteiger partial charge in [0, 0.05) is 0 Å². The zero-order valence-electron chi connectivity index (χ0n) is 7.77. The highest BCUT2D eigenvalue weighted by Crippen LogP contribution is 2.38. The fraction of sp³-hybridized carbons (Fsp3) is 1.00. The van der Waals surface area contributed by atoms with E-state index in [4.69, 9.17) is 0 Å². The van der Waals surface area contributed by atoms with Crippen LogP contribution in [0.3, 0.4) is 0 Å². The number of unbranched alkanes of at least 4 members (excludes halogenated alkanes) is 1. The summed E-state index contributed by atoms with van der Waals surface area (Å²) in [6.07, 6.45) is 6.89. The highest BCUT2D eigenvalue weighted by molar-refractivity contribution is 4.89. The van der Waals surface area contributed by atoms with Crippen molar-refractivity contribution in [1.82, 2.24) is 0 Å². The Hall–Kier alpha value is -0.0400. The number of hydrogen-bond donors (Lipinski definition) is 1. The largest absolute Gasteiger partial charge is 0.390 e. The maximum Gasteiger partial charge on any atom is 0.0673 e. The number of rotatable bonds is 3. The molecule has 1 aliphatic rings. The van der Waals surface area contributed by atoms with Crippen LogP contribution in [-0.4, -0.2) is 10.7 Å². The van der Waals surface area contributed by atoms with Gasteiger partial charge < -0.3 is 5.11 Å². The molecular weight excluding hydrogens is 136 g/mol. The molecule has 0 aliphatic heterocycles. The monoisotopic (exact) mass is 156 g/mol. The summed E-state index contributed by atoms with van der Waals surface area (Å²) >= 11 is 0. The van der Waals surface area contributed by atoms with E-state index in [2.05, 4.69) is 13.8 Å². The third kappa shape index (κ3) is 1.96. The standard InChI is InChI=1S/C10H20O/c1-3-4-7-10(11)8-5-6-9(10)2/h9,11H,3-8H2,1-2H3. The van der Waals surface area contributed by atoms with Gasteiger partial charge in [-0.1, -0.05) is 33.1 Å². The summed E-state index contributed by atoms with van der Waals surface area (Å²) in [5.41, 5.74) is -0.296. The lowest BCUT2D eigenvalue weighted by Gasteiger charge is -2.27. The molecule has 0 aromatic carbocycles.